The Morgan fingerprint density at radius 2 is 2.05 bits per heavy atom. The first-order valence-corrected chi connectivity index (χ1v) is 6.74. The smallest absolute Gasteiger partial charge is 0.255 e. The standard InChI is InChI=1S/C14H9BrClN3O/c15-10-3-2-9(6-12(10)18)14(20)19-13-4-1-8(7-17)5-11(13)16/h1-6H,18H2,(H,19,20). The van der Waals surface area contributed by atoms with Gasteiger partial charge in [-0.05, 0) is 52.3 Å². The number of nitriles is 1. The minimum Gasteiger partial charge on any atom is -0.398 e. The zero-order valence-corrected chi connectivity index (χ0v) is 12.5. The second kappa shape index (κ2) is 5.95. The molecule has 0 aromatic heterocycles. The number of nitrogens with zero attached hydrogens (tertiary/aromatic N) is 1. The van der Waals surface area contributed by atoms with E-state index in [1.807, 2.05) is 6.07 Å². The SMILES string of the molecule is N#Cc1ccc(NC(=O)c2ccc(Br)c(N)c2)c(Cl)c1. The van der Waals surface area contributed by atoms with Gasteiger partial charge in [-0.15, -0.1) is 0 Å². The van der Waals surface area contributed by atoms with Gasteiger partial charge in [-0.3, -0.25) is 4.79 Å². The molecule has 0 spiro atoms. The molecule has 0 radical (unpaired) electrons. The van der Waals surface area contributed by atoms with Gasteiger partial charge in [-0.2, -0.15) is 5.26 Å². The van der Waals surface area contributed by atoms with E-state index in [1.165, 1.54) is 6.07 Å². The molecule has 0 saturated heterocycles. The third-order valence-corrected chi connectivity index (χ3v) is 3.64. The van der Waals surface area contributed by atoms with E-state index in [4.69, 9.17) is 22.6 Å². The molecule has 2 aromatic rings. The summed E-state index contributed by atoms with van der Waals surface area (Å²) in [6.07, 6.45) is 0. The summed E-state index contributed by atoms with van der Waals surface area (Å²) >= 11 is 9.26. The minimum atomic E-state index is -0.323. The van der Waals surface area contributed by atoms with Crippen LogP contribution in [-0.4, -0.2) is 5.91 Å². The number of nitrogens with two attached hydrogens (primary N) is 1. The van der Waals surface area contributed by atoms with Crippen LogP contribution in [0.3, 0.4) is 0 Å². The number of halogens is 2. The van der Waals surface area contributed by atoms with Gasteiger partial charge in [0.15, 0.2) is 0 Å². The molecular weight excluding hydrogens is 342 g/mol. The molecule has 0 aliphatic heterocycles. The number of carbonyl (C=O) groups excluding carboxylic acids is 1. The van der Waals surface area contributed by atoms with Crippen LogP contribution in [0.25, 0.3) is 0 Å². The average Bonchev–Trinajstić information content (AvgIpc) is 2.43. The van der Waals surface area contributed by atoms with Crippen molar-refractivity contribution in [3.8, 4) is 6.07 Å². The summed E-state index contributed by atoms with van der Waals surface area (Å²) in [5.74, 6) is -0.323. The Morgan fingerprint density at radius 3 is 2.65 bits per heavy atom. The lowest BCUT2D eigenvalue weighted by Gasteiger charge is -2.08. The van der Waals surface area contributed by atoms with Crippen molar-refractivity contribution in [2.45, 2.75) is 0 Å². The van der Waals surface area contributed by atoms with Crippen LogP contribution in [0.4, 0.5) is 11.4 Å². The monoisotopic (exact) mass is 349 g/mol. The zero-order chi connectivity index (χ0) is 14.7. The van der Waals surface area contributed by atoms with E-state index >= 15 is 0 Å². The van der Waals surface area contributed by atoms with Gasteiger partial charge in [0, 0.05) is 15.7 Å². The third-order valence-electron chi connectivity index (χ3n) is 2.60. The van der Waals surface area contributed by atoms with Crippen molar-refractivity contribution < 1.29 is 4.79 Å². The summed E-state index contributed by atoms with van der Waals surface area (Å²) in [5.41, 5.74) is 7.50. The summed E-state index contributed by atoms with van der Waals surface area (Å²) < 4.78 is 0.727. The van der Waals surface area contributed by atoms with E-state index in [0.29, 0.717) is 27.5 Å². The van der Waals surface area contributed by atoms with Gasteiger partial charge in [0.2, 0.25) is 0 Å². The molecular formula is C14H9BrClN3O. The quantitative estimate of drug-likeness (QED) is 0.808. The molecule has 0 aliphatic rings. The van der Waals surface area contributed by atoms with Gasteiger partial charge in [0.25, 0.3) is 5.91 Å². The van der Waals surface area contributed by atoms with Crippen LogP contribution in [0.2, 0.25) is 5.02 Å². The number of hydrogen-bond acceptors (Lipinski definition) is 3. The Kier molecular flexibility index (Phi) is 4.28. The number of rotatable bonds is 2. The van der Waals surface area contributed by atoms with E-state index in [2.05, 4.69) is 21.2 Å². The fourth-order valence-electron chi connectivity index (χ4n) is 1.57. The lowest BCUT2D eigenvalue weighted by atomic mass is 10.1. The molecule has 0 saturated carbocycles. The summed E-state index contributed by atoms with van der Waals surface area (Å²) in [5, 5.41) is 11.7. The first kappa shape index (κ1) is 14.4. The number of hydrogen-bond donors (Lipinski definition) is 2. The lowest BCUT2D eigenvalue weighted by Crippen LogP contribution is -2.12. The van der Waals surface area contributed by atoms with Crippen molar-refractivity contribution in [3.05, 3.63) is 57.0 Å². The third kappa shape index (κ3) is 3.10. The maximum Gasteiger partial charge on any atom is 0.255 e. The molecule has 20 heavy (non-hydrogen) atoms. The number of carbonyl (C=O) groups is 1. The highest BCUT2D eigenvalue weighted by Gasteiger charge is 2.10. The maximum absolute atomic E-state index is 12.1. The summed E-state index contributed by atoms with van der Waals surface area (Å²) in [4.78, 5) is 12.1. The zero-order valence-electron chi connectivity index (χ0n) is 10.2. The van der Waals surface area contributed by atoms with Crippen molar-refractivity contribution >= 4 is 44.8 Å². The molecule has 0 heterocycles. The summed E-state index contributed by atoms with van der Waals surface area (Å²) in [7, 11) is 0. The molecule has 100 valence electrons. The van der Waals surface area contributed by atoms with Crippen LogP contribution in [0, 0.1) is 11.3 Å². The average molecular weight is 351 g/mol. The van der Waals surface area contributed by atoms with Gasteiger partial charge in [-0.25, -0.2) is 0 Å². The van der Waals surface area contributed by atoms with Crippen molar-refractivity contribution in [2.75, 3.05) is 11.1 Å². The Hall–Kier alpha value is -2.03. The molecule has 0 atom stereocenters. The van der Waals surface area contributed by atoms with E-state index in [1.54, 1.807) is 30.3 Å². The molecule has 2 rings (SSSR count). The molecule has 1 amide bonds. The molecule has 3 N–H and O–H groups in total. The van der Waals surface area contributed by atoms with Crippen LogP contribution in [-0.2, 0) is 0 Å². The van der Waals surface area contributed by atoms with Gasteiger partial charge in [0.05, 0.1) is 22.3 Å². The second-order valence-corrected chi connectivity index (χ2v) is 5.26. The Bertz CT molecular complexity index is 725. The number of amides is 1. The van der Waals surface area contributed by atoms with Crippen molar-refractivity contribution in [1.82, 2.24) is 0 Å². The van der Waals surface area contributed by atoms with E-state index in [9.17, 15) is 4.79 Å². The van der Waals surface area contributed by atoms with Crippen LogP contribution in [0.1, 0.15) is 15.9 Å². The molecule has 6 heteroatoms. The van der Waals surface area contributed by atoms with Gasteiger partial charge >= 0.3 is 0 Å². The predicted octanol–water partition coefficient (Wildman–Crippen LogP) is 3.81. The number of nitrogens with one attached hydrogen (secondary N) is 1. The molecule has 0 aliphatic carbocycles. The molecule has 0 fully saturated rings. The highest BCUT2D eigenvalue weighted by Crippen LogP contribution is 2.25. The summed E-state index contributed by atoms with van der Waals surface area (Å²) in [6, 6.07) is 11.5. The number of nitrogen functional groups attached to an aromatic ring is 1. The van der Waals surface area contributed by atoms with E-state index < -0.39 is 0 Å². The fraction of sp³-hybridized carbons (Fsp3) is 0. The highest BCUT2D eigenvalue weighted by atomic mass is 79.9. The maximum atomic E-state index is 12.1. The fourth-order valence-corrected chi connectivity index (χ4v) is 2.04. The van der Waals surface area contributed by atoms with Crippen LogP contribution >= 0.6 is 27.5 Å². The largest absolute Gasteiger partial charge is 0.398 e. The topological polar surface area (TPSA) is 78.9 Å². The molecule has 0 unspecified atom stereocenters. The predicted molar refractivity (Wildman–Crippen MR) is 82.7 cm³/mol. The Balaban J connectivity index is 2.23. The van der Waals surface area contributed by atoms with Crippen molar-refractivity contribution in [2.24, 2.45) is 0 Å². The van der Waals surface area contributed by atoms with Gasteiger partial charge in [0.1, 0.15) is 0 Å². The van der Waals surface area contributed by atoms with Gasteiger partial charge in [-0.1, -0.05) is 11.6 Å². The first-order chi connectivity index (χ1) is 9.51. The molecule has 2 aromatic carbocycles. The lowest BCUT2D eigenvalue weighted by molar-refractivity contribution is 0.102. The van der Waals surface area contributed by atoms with Crippen molar-refractivity contribution in [3.63, 3.8) is 0 Å². The molecule has 4 nitrogen and oxygen atoms in total. The van der Waals surface area contributed by atoms with Crippen LogP contribution in [0.15, 0.2) is 40.9 Å². The minimum absolute atomic E-state index is 0.308. The second-order valence-electron chi connectivity index (χ2n) is 4.00. The highest BCUT2D eigenvalue weighted by molar-refractivity contribution is 9.10. The Labute approximate surface area is 129 Å². The van der Waals surface area contributed by atoms with Crippen LogP contribution < -0.4 is 11.1 Å². The Morgan fingerprint density at radius 1 is 1.30 bits per heavy atom. The molecule has 0 bridgehead atoms. The van der Waals surface area contributed by atoms with Crippen LogP contribution in [0.5, 0.6) is 0 Å². The van der Waals surface area contributed by atoms with Gasteiger partial charge < -0.3 is 11.1 Å². The van der Waals surface area contributed by atoms with Crippen molar-refractivity contribution in [1.29, 1.82) is 5.26 Å². The normalized spacial score (nSPS) is 9.85. The number of anilines is 2. The summed E-state index contributed by atoms with van der Waals surface area (Å²) in [6.45, 7) is 0. The van der Waals surface area contributed by atoms with E-state index in [0.717, 1.165) is 4.47 Å². The first-order valence-electron chi connectivity index (χ1n) is 5.57. The number of benzene rings is 2. The van der Waals surface area contributed by atoms with E-state index in [-0.39, 0.29) is 5.91 Å².